The van der Waals surface area contributed by atoms with Gasteiger partial charge < -0.3 is 20.3 Å². The van der Waals surface area contributed by atoms with E-state index < -0.39 is 12.1 Å². The van der Waals surface area contributed by atoms with Crippen LogP contribution in [0.2, 0.25) is 0 Å². The Kier molecular flexibility index (Phi) is 63.0. The van der Waals surface area contributed by atoms with Crippen molar-refractivity contribution in [3.63, 3.8) is 0 Å². The Bertz CT molecular complexity index is 1210. The molecule has 0 saturated heterocycles. The van der Waals surface area contributed by atoms with Crippen molar-refractivity contribution in [1.29, 1.82) is 0 Å². The monoisotopic (exact) mass is 1050 g/mol. The first kappa shape index (κ1) is 73.1. The van der Waals surface area contributed by atoms with Crippen LogP contribution >= 0.6 is 0 Å². The number of carbonyl (C=O) groups excluding carboxylic acids is 2. The average Bonchev–Trinajstić information content (AvgIpc) is 3.41. The summed E-state index contributed by atoms with van der Waals surface area (Å²) in [5.41, 5.74) is 0. The first-order valence-electron chi connectivity index (χ1n) is 33.8. The van der Waals surface area contributed by atoms with E-state index in [9.17, 15) is 19.8 Å². The summed E-state index contributed by atoms with van der Waals surface area (Å²) in [5, 5.41) is 23.1. The molecule has 0 saturated carbocycles. The van der Waals surface area contributed by atoms with E-state index in [4.69, 9.17) is 4.74 Å². The molecule has 442 valence electrons. The molecule has 0 heterocycles. The van der Waals surface area contributed by atoms with Crippen LogP contribution in [0.1, 0.15) is 367 Å². The number of hydrogen-bond acceptors (Lipinski definition) is 5. The summed E-state index contributed by atoms with van der Waals surface area (Å²) >= 11 is 0. The number of aliphatic hydroxyl groups is 2. The fourth-order valence-electron chi connectivity index (χ4n) is 10.4. The maximum absolute atomic E-state index is 12.5. The number of esters is 1. The average molecular weight is 1050 g/mol. The lowest BCUT2D eigenvalue weighted by molar-refractivity contribution is -0.143. The number of hydrogen-bond donors (Lipinski definition) is 3. The molecule has 0 bridgehead atoms. The molecular weight excluding hydrogens is 923 g/mol. The summed E-state index contributed by atoms with van der Waals surface area (Å²) < 4.78 is 5.50. The number of nitrogens with one attached hydrogen (secondary N) is 1. The SMILES string of the molecule is CCCCCCCC/C=C\CCCCCCCCCC(=O)OCCCCCCCCCCCCCC/C=C\CCCCCCCCCCCCC(=O)NC(CO)C(O)/C=C/CCCCCCCCCCCCCCC. The summed E-state index contributed by atoms with van der Waals surface area (Å²) in [4.78, 5) is 24.6. The zero-order valence-electron chi connectivity index (χ0n) is 50.5. The summed E-state index contributed by atoms with van der Waals surface area (Å²) in [6, 6.07) is -0.629. The molecule has 0 aromatic heterocycles. The molecule has 3 N–H and O–H groups in total. The topological polar surface area (TPSA) is 95.9 Å². The summed E-state index contributed by atoms with van der Waals surface area (Å²) in [5.74, 6) is -0.0574. The molecule has 2 unspecified atom stereocenters. The van der Waals surface area contributed by atoms with Crippen LogP contribution in [0.4, 0.5) is 0 Å². The van der Waals surface area contributed by atoms with E-state index in [0.29, 0.717) is 19.4 Å². The molecule has 0 aliphatic carbocycles. The predicted molar refractivity (Wildman–Crippen MR) is 329 cm³/mol. The Morgan fingerprint density at radius 1 is 0.360 bits per heavy atom. The van der Waals surface area contributed by atoms with Crippen molar-refractivity contribution in [2.24, 2.45) is 0 Å². The van der Waals surface area contributed by atoms with Gasteiger partial charge in [-0.05, 0) is 83.5 Å². The number of ether oxygens (including phenoxy) is 1. The zero-order valence-corrected chi connectivity index (χ0v) is 50.5. The van der Waals surface area contributed by atoms with Crippen LogP contribution in [0.3, 0.4) is 0 Å². The number of allylic oxidation sites excluding steroid dienone is 5. The van der Waals surface area contributed by atoms with Gasteiger partial charge in [0.2, 0.25) is 5.91 Å². The van der Waals surface area contributed by atoms with Gasteiger partial charge in [-0.25, -0.2) is 0 Å². The largest absolute Gasteiger partial charge is 0.466 e. The number of aliphatic hydroxyl groups excluding tert-OH is 2. The first-order chi connectivity index (χ1) is 37.0. The van der Waals surface area contributed by atoms with Crippen LogP contribution in [0.15, 0.2) is 36.5 Å². The molecule has 0 radical (unpaired) electrons. The third-order valence-electron chi connectivity index (χ3n) is 15.6. The van der Waals surface area contributed by atoms with Crippen LogP contribution < -0.4 is 5.32 Å². The van der Waals surface area contributed by atoms with E-state index in [1.807, 2.05) is 6.08 Å². The van der Waals surface area contributed by atoms with Crippen molar-refractivity contribution in [2.75, 3.05) is 13.2 Å². The van der Waals surface area contributed by atoms with Crippen LogP contribution in [-0.4, -0.2) is 47.4 Å². The van der Waals surface area contributed by atoms with Crippen LogP contribution in [0, 0.1) is 0 Å². The van der Waals surface area contributed by atoms with Crippen LogP contribution in [0.5, 0.6) is 0 Å². The number of rotatable bonds is 63. The van der Waals surface area contributed by atoms with E-state index >= 15 is 0 Å². The minimum absolute atomic E-state index is 0.0108. The van der Waals surface area contributed by atoms with E-state index in [2.05, 4.69) is 43.5 Å². The van der Waals surface area contributed by atoms with E-state index in [1.54, 1.807) is 6.08 Å². The van der Waals surface area contributed by atoms with E-state index in [1.165, 1.54) is 295 Å². The van der Waals surface area contributed by atoms with Gasteiger partial charge in [0.1, 0.15) is 0 Å². The van der Waals surface area contributed by atoms with Crippen LogP contribution in [0.25, 0.3) is 0 Å². The highest BCUT2D eigenvalue weighted by Crippen LogP contribution is 2.17. The summed E-state index contributed by atoms with van der Waals surface area (Å²) in [6.45, 7) is 4.92. The second-order valence-electron chi connectivity index (χ2n) is 23.1. The van der Waals surface area contributed by atoms with Gasteiger partial charge in [0.05, 0.1) is 25.4 Å². The highest BCUT2D eigenvalue weighted by atomic mass is 16.5. The number of unbranched alkanes of at least 4 members (excludes halogenated alkanes) is 48. The van der Waals surface area contributed by atoms with Crippen molar-refractivity contribution in [3.8, 4) is 0 Å². The Balaban J connectivity index is 3.40. The fourth-order valence-corrected chi connectivity index (χ4v) is 10.4. The minimum atomic E-state index is -0.846. The Morgan fingerprint density at radius 2 is 0.627 bits per heavy atom. The lowest BCUT2D eigenvalue weighted by Gasteiger charge is -2.20. The van der Waals surface area contributed by atoms with Crippen molar-refractivity contribution >= 4 is 11.9 Å². The minimum Gasteiger partial charge on any atom is -0.466 e. The fraction of sp³-hybridized carbons (Fsp3) is 0.884. The molecule has 75 heavy (non-hydrogen) atoms. The number of amides is 1. The lowest BCUT2D eigenvalue weighted by atomic mass is 10.0. The first-order valence-corrected chi connectivity index (χ1v) is 33.8. The molecule has 0 aromatic carbocycles. The summed E-state index contributed by atoms with van der Waals surface area (Å²) in [7, 11) is 0. The number of carbonyl (C=O) groups is 2. The maximum Gasteiger partial charge on any atom is 0.305 e. The molecule has 0 aliphatic heterocycles. The molecule has 0 fully saturated rings. The maximum atomic E-state index is 12.5. The highest BCUT2D eigenvalue weighted by Gasteiger charge is 2.18. The predicted octanol–water partition coefficient (Wildman–Crippen LogP) is 21.5. The van der Waals surface area contributed by atoms with Gasteiger partial charge in [0.15, 0.2) is 0 Å². The third-order valence-corrected chi connectivity index (χ3v) is 15.6. The Morgan fingerprint density at radius 3 is 0.947 bits per heavy atom. The quantitative estimate of drug-likeness (QED) is 0.0320. The molecule has 0 aromatic rings. The van der Waals surface area contributed by atoms with Gasteiger partial charge in [-0.1, -0.05) is 307 Å². The van der Waals surface area contributed by atoms with Crippen molar-refractivity contribution in [1.82, 2.24) is 5.32 Å². The summed E-state index contributed by atoms with van der Waals surface area (Å²) in [6.07, 6.45) is 82.1. The second-order valence-corrected chi connectivity index (χ2v) is 23.1. The molecule has 6 heteroatoms. The van der Waals surface area contributed by atoms with E-state index in [0.717, 1.165) is 44.9 Å². The van der Waals surface area contributed by atoms with Gasteiger partial charge in [-0.15, -0.1) is 0 Å². The highest BCUT2D eigenvalue weighted by molar-refractivity contribution is 5.76. The van der Waals surface area contributed by atoms with E-state index in [-0.39, 0.29) is 18.5 Å². The van der Waals surface area contributed by atoms with Crippen LogP contribution in [-0.2, 0) is 14.3 Å². The molecule has 2 atom stereocenters. The van der Waals surface area contributed by atoms with Gasteiger partial charge in [-0.3, -0.25) is 9.59 Å². The molecule has 0 aliphatic rings. The molecular formula is C69H131NO5. The molecule has 1 amide bonds. The lowest BCUT2D eigenvalue weighted by Crippen LogP contribution is -2.45. The molecule has 6 nitrogen and oxygen atoms in total. The van der Waals surface area contributed by atoms with Crippen molar-refractivity contribution < 1.29 is 24.5 Å². The van der Waals surface area contributed by atoms with Gasteiger partial charge in [0.25, 0.3) is 0 Å². The Labute approximate surface area is 468 Å². The normalized spacial score (nSPS) is 12.7. The van der Waals surface area contributed by atoms with Gasteiger partial charge >= 0.3 is 5.97 Å². The second kappa shape index (κ2) is 64.6. The molecule has 0 spiro atoms. The van der Waals surface area contributed by atoms with Crippen molar-refractivity contribution in [2.45, 2.75) is 379 Å². The smallest absolute Gasteiger partial charge is 0.305 e. The zero-order chi connectivity index (χ0) is 54.3. The van der Waals surface area contributed by atoms with Crippen molar-refractivity contribution in [3.05, 3.63) is 36.5 Å². The van der Waals surface area contributed by atoms with Gasteiger partial charge in [0, 0.05) is 12.8 Å². The van der Waals surface area contributed by atoms with Gasteiger partial charge in [-0.2, -0.15) is 0 Å². The Hall–Kier alpha value is -1.92. The third kappa shape index (κ3) is 61.2. The standard InChI is InChI=1S/C69H131NO5/c1-3-5-7-9-11-13-15-17-19-30-35-39-43-47-51-55-59-63-69(74)75-64-60-56-52-48-44-40-36-32-29-27-25-23-21-20-22-24-26-28-31-34-38-42-46-50-54-58-62-68(73)70-66(65-71)67(72)61-57-53-49-45-41-37-33-18-16-14-12-10-8-6-4-2/h17,19-20,22,57,61,66-67,71-72H,3-16,18,21,23-56,58-60,62-65H2,1-2H3,(H,70,73)/b19-17-,22-20-,61-57+. The molecule has 0 rings (SSSR count).